The van der Waals surface area contributed by atoms with E-state index in [1.807, 2.05) is 6.07 Å². The van der Waals surface area contributed by atoms with E-state index in [1.54, 1.807) is 12.3 Å². The number of carbonyl (C=O) groups excluding carboxylic acids is 1. The molecular formula is C12H17N3O. The average molecular weight is 219 g/mol. The van der Waals surface area contributed by atoms with Gasteiger partial charge in [0.25, 0.3) is 0 Å². The van der Waals surface area contributed by atoms with Crippen LogP contribution < -0.4 is 11.1 Å². The third-order valence-electron chi connectivity index (χ3n) is 3.04. The summed E-state index contributed by atoms with van der Waals surface area (Å²) >= 11 is 0. The van der Waals surface area contributed by atoms with Crippen LogP contribution in [0.25, 0.3) is 0 Å². The Morgan fingerprint density at radius 2 is 2.19 bits per heavy atom. The van der Waals surface area contributed by atoms with Crippen LogP contribution in [-0.4, -0.2) is 10.9 Å². The molecule has 1 fully saturated rings. The molecule has 0 radical (unpaired) electrons. The topological polar surface area (TPSA) is 68.0 Å². The molecule has 1 amide bonds. The molecule has 0 aromatic carbocycles. The summed E-state index contributed by atoms with van der Waals surface area (Å²) in [6.45, 7) is 0.476. The lowest BCUT2D eigenvalue weighted by Crippen LogP contribution is -2.20. The van der Waals surface area contributed by atoms with E-state index < -0.39 is 0 Å². The van der Waals surface area contributed by atoms with Gasteiger partial charge in [0.15, 0.2) is 0 Å². The zero-order valence-corrected chi connectivity index (χ0v) is 9.28. The van der Waals surface area contributed by atoms with Crippen molar-refractivity contribution in [1.82, 2.24) is 4.98 Å². The predicted octanol–water partition coefficient (Wildman–Crippen LogP) is 1.67. The lowest BCUT2D eigenvalue weighted by Gasteiger charge is -2.09. The number of aromatic nitrogens is 1. The van der Waals surface area contributed by atoms with Crippen molar-refractivity contribution in [2.45, 2.75) is 32.2 Å². The number of nitrogens with zero attached hydrogens (tertiary/aromatic N) is 1. The minimum atomic E-state index is 0.102. The second-order valence-corrected chi connectivity index (χ2v) is 4.23. The lowest BCUT2D eigenvalue weighted by molar-refractivity contribution is -0.119. The zero-order valence-electron chi connectivity index (χ0n) is 9.28. The minimum absolute atomic E-state index is 0.102. The fourth-order valence-corrected chi connectivity index (χ4v) is 2.04. The van der Waals surface area contributed by atoms with Gasteiger partial charge in [-0.1, -0.05) is 18.9 Å². The highest BCUT2D eigenvalue weighted by Crippen LogP contribution is 2.25. The molecule has 1 heterocycles. The van der Waals surface area contributed by atoms with Gasteiger partial charge in [-0.25, -0.2) is 4.98 Å². The van der Waals surface area contributed by atoms with Crippen molar-refractivity contribution in [1.29, 1.82) is 0 Å². The summed E-state index contributed by atoms with van der Waals surface area (Å²) in [7, 11) is 0. The van der Waals surface area contributed by atoms with Crippen molar-refractivity contribution >= 4 is 11.7 Å². The van der Waals surface area contributed by atoms with Crippen LogP contribution in [0.2, 0.25) is 0 Å². The highest BCUT2D eigenvalue weighted by atomic mass is 16.1. The summed E-state index contributed by atoms with van der Waals surface area (Å²) in [5.74, 6) is 0.899. The van der Waals surface area contributed by atoms with Crippen molar-refractivity contribution in [3.63, 3.8) is 0 Å². The van der Waals surface area contributed by atoms with E-state index >= 15 is 0 Å². The van der Waals surface area contributed by atoms with E-state index in [0.717, 1.165) is 31.2 Å². The predicted molar refractivity (Wildman–Crippen MR) is 62.7 cm³/mol. The summed E-state index contributed by atoms with van der Waals surface area (Å²) in [5.41, 5.74) is 6.44. The Bertz CT molecular complexity index is 355. The van der Waals surface area contributed by atoms with E-state index in [9.17, 15) is 4.79 Å². The van der Waals surface area contributed by atoms with E-state index in [0.29, 0.717) is 12.4 Å². The van der Waals surface area contributed by atoms with Gasteiger partial charge in [0.1, 0.15) is 5.82 Å². The molecule has 4 heteroatoms. The van der Waals surface area contributed by atoms with Crippen molar-refractivity contribution in [2.24, 2.45) is 11.7 Å². The minimum Gasteiger partial charge on any atom is -0.326 e. The van der Waals surface area contributed by atoms with Crippen LogP contribution in [0.4, 0.5) is 5.82 Å². The molecule has 1 aromatic heterocycles. The summed E-state index contributed by atoms with van der Waals surface area (Å²) in [6, 6.07) is 3.69. The van der Waals surface area contributed by atoms with Crippen molar-refractivity contribution in [2.75, 3.05) is 5.32 Å². The van der Waals surface area contributed by atoms with Gasteiger partial charge in [0, 0.05) is 18.7 Å². The van der Waals surface area contributed by atoms with Gasteiger partial charge in [-0.15, -0.1) is 0 Å². The van der Waals surface area contributed by atoms with Crippen LogP contribution in [0.3, 0.4) is 0 Å². The molecule has 3 N–H and O–H groups in total. The summed E-state index contributed by atoms with van der Waals surface area (Å²) < 4.78 is 0. The van der Waals surface area contributed by atoms with Gasteiger partial charge in [-0.2, -0.15) is 0 Å². The average Bonchev–Trinajstić information content (AvgIpc) is 2.83. The van der Waals surface area contributed by atoms with E-state index in [4.69, 9.17) is 5.73 Å². The van der Waals surface area contributed by atoms with Gasteiger partial charge in [0.05, 0.1) is 0 Å². The number of hydrogen-bond acceptors (Lipinski definition) is 3. The fraction of sp³-hybridized carbons (Fsp3) is 0.500. The number of carbonyl (C=O) groups is 1. The molecule has 0 aliphatic heterocycles. The Labute approximate surface area is 95.3 Å². The number of anilines is 1. The molecule has 0 saturated heterocycles. The van der Waals surface area contributed by atoms with Gasteiger partial charge < -0.3 is 11.1 Å². The standard InChI is InChI=1S/C12H17N3O/c13-7-9-5-6-11(14-8-9)15-12(16)10-3-1-2-4-10/h5-6,8,10H,1-4,7,13H2,(H,14,15,16). The molecule has 1 saturated carbocycles. The first-order valence-electron chi connectivity index (χ1n) is 5.75. The SMILES string of the molecule is NCc1ccc(NC(=O)C2CCCC2)nc1. The van der Waals surface area contributed by atoms with Crippen LogP contribution in [0.1, 0.15) is 31.2 Å². The molecule has 86 valence electrons. The molecule has 0 unspecified atom stereocenters. The maximum Gasteiger partial charge on any atom is 0.228 e. The smallest absolute Gasteiger partial charge is 0.228 e. The maximum absolute atomic E-state index is 11.8. The normalized spacial score (nSPS) is 16.3. The molecule has 0 spiro atoms. The summed E-state index contributed by atoms with van der Waals surface area (Å²) in [4.78, 5) is 15.9. The first-order chi connectivity index (χ1) is 7.79. The number of hydrogen-bond donors (Lipinski definition) is 2. The fourth-order valence-electron chi connectivity index (χ4n) is 2.04. The Hall–Kier alpha value is -1.42. The van der Waals surface area contributed by atoms with Gasteiger partial charge in [-0.3, -0.25) is 4.79 Å². The Balaban J connectivity index is 1.94. The number of amides is 1. The molecule has 16 heavy (non-hydrogen) atoms. The van der Waals surface area contributed by atoms with Crippen LogP contribution in [-0.2, 0) is 11.3 Å². The first-order valence-corrected chi connectivity index (χ1v) is 5.75. The molecule has 4 nitrogen and oxygen atoms in total. The third kappa shape index (κ3) is 2.58. The van der Waals surface area contributed by atoms with Crippen LogP contribution in [0.15, 0.2) is 18.3 Å². The number of pyridine rings is 1. The maximum atomic E-state index is 11.8. The molecule has 0 atom stereocenters. The Morgan fingerprint density at radius 1 is 1.44 bits per heavy atom. The van der Waals surface area contributed by atoms with Gasteiger partial charge >= 0.3 is 0 Å². The van der Waals surface area contributed by atoms with Gasteiger partial charge in [0.2, 0.25) is 5.91 Å². The molecule has 1 aromatic rings. The van der Waals surface area contributed by atoms with Crippen LogP contribution in [0, 0.1) is 5.92 Å². The van der Waals surface area contributed by atoms with E-state index in [2.05, 4.69) is 10.3 Å². The third-order valence-corrected chi connectivity index (χ3v) is 3.04. The van der Waals surface area contributed by atoms with E-state index in [-0.39, 0.29) is 11.8 Å². The highest BCUT2D eigenvalue weighted by molar-refractivity contribution is 5.91. The lowest BCUT2D eigenvalue weighted by atomic mass is 10.1. The number of nitrogens with two attached hydrogens (primary N) is 1. The second kappa shape index (κ2) is 5.07. The zero-order chi connectivity index (χ0) is 11.4. The molecule has 2 rings (SSSR count). The van der Waals surface area contributed by atoms with Crippen molar-refractivity contribution in [3.8, 4) is 0 Å². The highest BCUT2D eigenvalue weighted by Gasteiger charge is 2.22. The molecule has 1 aliphatic carbocycles. The van der Waals surface area contributed by atoms with Crippen LogP contribution >= 0.6 is 0 Å². The molecule has 1 aliphatic rings. The largest absolute Gasteiger partial charge is 0.326 e. The van der Waals surface area contributed by atoms with E-state index in [1.165, 1.54) is 0 Å². The molecular weight excluding hydrogens is 202 g/mol. The van der Waals surface area contributed by atoms with Gasteiger partial charge in [-0.05, 0) is 24.5 Å². The van der Waals surface area contributed by atoms with Crippen molar-refractivity contribution < 1.29 is 4.79 Å². The summed E-state index contributed by atoms with van der Waals surface area (Å²) in [6.07, 6.45) is 6.04. The number of rotatable bonds is 3. The Kier molecular flexibility index (Phi) is 3.51. The number of nitrogens with one attached hydrogen (secondary N) is 1. The van der Waals surface area contributed by atoms with Crippen LogP contribution in [0.5, 0.6) is 0 Å². The monoisotopic (exact) mass is 219 g/mol. The van der Waals surface area contributed by atoms with Crippen molar-refractivity contribution in [3.05, 3.63) is 23.9 Å². The first kappa shape index (κ1) is 11.1. The second-order valence-electron chi connectivity index (χ2n) is 4.23. The quantitative estimate of drug-likeness (QED) is 0.812. The Morgan fingerprint density at radius 3 is 2.75 bits per heavy atom. The summed E-state index contributed by atoms with van der Waals surface area (Å²) in [5, 5.41) is 2.84. The molecule has 0 bridgehead atoms.